The summed E-state index contributed by atoms with van der Waals surface area (Å²) in [6.07, 6.45) is 4.98. The van der Waals surface area contributed by atoms with E-state index in [4.69, 9.17) is 0 Å². The Morgan fingerprint density at radius 3 is 2.95 bits per heavy atom. The van der Waals surface area contributed by atoms with Crippen LogP contribution in [0.3, 0.4) is 0 Å². The number of aryl methyl sites for hydroxylation is 1. The zero-order chi connectivity index (χ0) is 15.4. The highest BCUT2D eigenvalue weighted by Gasteiger charge is 2.02. The first-order valence-electron chi connectivity index (χ1n) is 6.94. The van der Waals surface area contributed by atoms with Crippen molar-refractivity contribution in [1.29, 1.82) is 0 Å². The van der Waals surface area contributed by atoms with Gasteiger partial charge < -0.3 is 5.32 Å². The van der Waals surface area contributed by atoms with Crippen molar-refractivity contribution in [1.82, 2.24) is 15.3 Å². The summed E-state index contributed by atoms with van der Waals surface area (Å²) in [5.41, 5.74) is 2.90. The number of thiazole rings is 1. The Labute approximate surface area is 132 Å². The van der Waals surface area contributed by atoms with Crippen LogP contribution in [0.2, 0.25) is 0 Å². The van der Waals surface area contributed by atoms with E-state index in [1.165, 1.54) is 6.08 Å². The summed E-state index contributed by atoms with van der Waals surface area (Å²) in [5.74, 6) is -0.149. The number of fused-ring (bicyclic) bond motifs is 1. The fraction of sp³-hybridized carbons (Fsp3) is 0.118. The largest absolute Gasteiger partial charge is 0.347 e. The highest BCUT2D eigenvalue weighted by molar-refractivity contribution is 7.19. The molecule has 0 aliphatic carbocycles. The first kappa shape index (κ1) is 14.4. The van der Waals surface area contributed by atoms with Crippen LogP contribution in [-0.4, -0.2) is 15.9 Å². The number of para-hydroxylation sites is 1. The van der Waals surface area contributed by atoms with Gasteiger partial charge in [-0.25, -0.2) is 4.98 Å². The van der Waals surface area contributed by atoms with Crippen molar-refractivity contribution in [3.63, 3.8) is 0 Å². The number of hydrogen-bond donors (Lipinski definition) is 1. The Balaban J connectivity index is 1.62. The maximum absolute atomic E-state index is 11.9. The normalized spacial score (nSPS) is 11.1. The molecule has 110 valence electrons. The van der Waals surface area contributed by atoms with Crippen LogP contribution < -0.4 is 5.32 Å². The molecular weight excluding hydrogens is 294 g/mol. The number of benzene rings is 1. The molecular formula is C17H15N3OS. The number of aromatic nitrogens is 2. The first-order valence-corrected chi connectivity index (χ1v) is 7.76. The lowest BCUT2D eigenvalue weighted by Gasteiger charge is -2.04. The van der Waals surface area contributed by atoms with Crippen molar-refractivity contribution >= 4 is 33.5 Å². The molecule has 0 fully saturated rings. The molecule has 3 rings (SSSR count). The average molecular weight is 309 g/mol. The molecule has 4 nitrogen and oxygen atoms in total. The number of pyridine rings is 1. The second-order valence-electron chi connectivity index (χ2n) is 4.84. The topological polar surface area (TPSA) is 54.9 Å². The van der Waals surface area contributed by atoms with E-state index in [-0.39, 0.29) is 5.91 Å². The van der Waals surface area contributed by atoms with E-state index in [0.717, 1.165) is 26.5 Å². The van der Waals surface area contributed by atoms with Gasteiger partial charge in [0.25, 0.3) is 0 Å². The van der Waals surface area contributed by atoms with E-state index in [1.54, 1.807) is 23.6 Å². The lowest BCUT2D eigenvalue weighted by atomic mass is 10.2. The molecule has 0 spiro atoms. The van der Waals surface area contributed by atoms with Crippen LogP contribution in [0.15, 0.2) is 48.7 Å². The van der Waals surface area contributed by atoms with Crippen LogP contribution in [0, 0.1) is 6.92 Å². The van der Waals surface area contributed by atoms with Gasteiger partial charge in [0.2, 0.25) is 5.91 Å². The molecule has 0 bridgehead atoms. The highest BCUT2D eigenvalue weighted by atomic mass is 32.1. The minimum Gasteiger partial charge on any atom is -0.347 e. The standard InChI is InChI=1S/C17H15N3OS/c1-12-5-4-10-18-14(12)11-19-16(21)8-9-17-20-13-6-2-3-7-15(13)22-17/h2-10H,11H2,1H3,(H,19,21)/b9-8+. The molecule has 22 heavy (non-hydrogen) atoms. The molecule has 1 N–H and O–H groups in total. The summed E-state index contributed by atoms with van der Waals surface area (Å²) in [5, 5.41) is 3.66. The molecule has 2 heterocycles. The van der Waals surface area contributed by atoms with Crippen molar-refractivity contribution in [2.24, 2.45) is 0 Å². The van der Waals surface area contributed by atoms with E-state index >= 15 is 0 Å². The van der Waals surface area contributed by atoms with Crippen LogP contribution >= 0.6 is 11.3 Å². The second kappa shape index (κ2) is 6.49. The molecule has 1 aromatic carbocycles. The van der Waals surface area contributed by atoms with Gasteiger partial charge in [0, 0.05) is 12.3 Å². The van der Waals surface area contributed by atoms with E-state index in [2.05, 4.69) is 15.3 Å². The lowest BCUT2D eigenvalue weighted by molar-refractivity contribution is -0.116. The minimum absolute atomic E-state index is 0.149. The van der Waals surface area contributed by atoms with Crippen molar-refractivity contribution < 1.29 is 4.79 Å². The zero-order valence-electron chi connectivity index (χ0n) is 12.1. The quantitative estimate of drug-likeness (QED) is 0.752. The molecule has 0 atom stereocenters. The van der Waals surface area contributed by atoms with Gasteiger partial charge in [-0.3, -0.25) is 9.78 Å². The predicted molar refractivity (Wildman–Crippen MR) is 89.5 cm³/mol. The van der Waals surface area contributed by atoms with Gasteiger partial charge in [-0.15, -0.1) is 11.3 Å². The predicted octanol–water partition coefficient (Wildman–Crippen LogP) is 3.33. The summed E-state index contributed by atoms with van der Waals surface area (Å²) in [6.45, 7) is 2.40. The third-order valence-corrected chi connectivity index (χ3v) is 4.24. The minimum atomic E-state index is -0.149. The molecule has 0 unspecified atom stereocenters. The van der Waals surface area contributed by atoms with Crippen LogP contribution in [0.4, 0.5) is 0 Å². The maximum atomic E-state index is 11.9. The maximum Gasteiger partial charge on any atom is 0.244 e. The fourth-order valence-electron chi connectivity index (χ4n) is 2.04. The summed E-state index contributed by atoms with van der Waals surface area (Å²) in [4.78, 5) is 20.6. The van der Waals surface area contributed by atoms with Crippen LogP contribution in [0.5, 0.6) is 0 Å². The smallest absolute Gasteiger partial charge is 0.244 e. The SMILES string of the molecule is Cc1cccnc1CNC(=O)/C=C/c1nc2ccccc2s1. The molecule has 0 aliphatic heterocycles. The average Bonchev–Trinajstić information content (AvgIpc) is 2.95. The number of nitrogens with one attached hydrogen (secondary N) is 1. The Morgan fingerprint density at radius 2 is 2.14 bits per heavy atom. The van der Waals surface area contributed by atoms with E-state index in [0.29, 0.717) is 6.54 Å². The number of rotatable bonds is 4. The molecule has 2 aromatic heterocycles. The van der Waals surface area contributed by atoms with Crippen molar-refractivity contribution in [3.8, 4) is 0 Å². The Kier molecular flexibility index (Phi) is 4.25. The Morgan fingerprint density at radius 1 is 1.27 bits per heavy atom. The zero-order valence-corrected chi connectivity index (χ0v) is 12.9. The van der Waals surface area contributed by atoms with E-state index in [9.17, 15) is 4.79 Å². The van der Waals surface area contributed by atoms with Gasteiger partial charge in [-0.2, -0.15) is 0 Å². The third kappa shape index (κ3) is 3.38. The van der Waals surface area contributed by atoms with Gasteiger partial charge in [0.15, 0.2) is 0 Å². The molecule has 5 heteroatoms. The Hall–Kier alpha value is -2.53. The summed E-state index contributed by atoms with van der Waals surface area (Å²) in [7, 11) is 0. The Bertz CT molecular complexity index is 806. The molecule has 0 saturated carbocycles. The van der Waals surface area contributed by atoms with Crippen molar-refractivity contribution in [2.75, 3.05) is 0 Å². The van der Waals surface area contributed by atoms with Gasteiger partial charge in [-0.1, -0.05) is 18.2 Å². The van der Waals surface area contributed by atoms with Crippen LogP contribution in [0.1, 0.15) is 16.3 Å². The summed E-state index contributed by atoms with van der Waals surface area (Å²) < 4.78 is 1.12. The molecule has 0 saturated heterocycles. The monoisotopic (exact) mass is 309 g/mol. The lowest BCUT2D eigenvalue weighted by Crippen LogP contribution is -2.21. The van der Waals surface area contributed by atoms with Gasteiger partial charge in [-0.05, 0) is 36.8 Å². The first-order chi connectivity index (χ1) is 10.7. The summed E-state index contributed by atoms with van der Waals surface area (Å²) in [6, 6.07) is 11.8. The van der Waals surface area contributed by atoms with Crippen molar-refractivity contribution in [3.05, 3.63) is 64.9 Å². The number of carbonyl (C=O) groups excluding carboxylic acids is 1. The summed E-state index contributed by atoms with van der Waals surface area (Å²) >= 11 is 1.57. The van der Waals surface area contributed by atoms with Gasteiger partial charge in [0.05, 0.1) is 22.5 Å². The molecule has 1 amide bonds. The number of amides is 1. The van der Waals surface area contributed by atoms with E-state index in [1.807, 2.05) is 43.3 Å². The number of carbonyl (C=O) groups is 1. The second-order valence-corrected chi connectivity index (χ2v) is 5.90. The molecule has 0 radical (unpaired) electrons. The fourth-order valence-corrected chi connectivity index (χ4v) is 2.91. The highest BCUT2D eigenvalue weighted by Crippen LogP contribution is 2.22. The number of hydrogen-bond acceptors (Lipinski definition) is 4. The van der Waals surface area contributed by atoms with Crippen LogP contribution in [0.25, 0.3) is 16.3 Å². The molecule has 0 aliphatic rings. The third-order valence-electron chi connectivity index (χ3n) is 3.24. The molecule has 3 aromatic rings. The van der Waals surface area contributed by atoms with Crippen LogP contribution in [-0.2, 0) is 11.3 Å². The van der Waals surface area contributed by atoms with Gasteiger partial charge in [0.1, 0.15) is 5.01 Å². The van der Waals surface area contributed by atoms with E-state index < -0.39 is 0 Å². The van der Waals surface area contributed by atoms with Crippen molar-refractivity contribution in [2.45, 2.75) is 13.5 Å². The number of nitrogens with zero attached hydrogens (tertiary/aromatic N) is 2. The van der Waals surface area contributed by atoms with Gasteiger partial charge >= 0.3 is 0 Å².